The standard InChI is InChI=1S/C24H21ClN.HI/c1-16-12-21-15-23(26(3)24(25)22(21)13-17(16)2)20-11-7-10-19(14-20)18-8-5-4-6-9-18;/h4-15H,1-3H3;1H/q+1;/p-1. The van der Waals surface area contributed by atoms with E-state index in [1.807, 2.05) is 13.1 Å². The molecule has 0 saturated heterocycles. The predicted molar refractivity (Wildman–Crippen MR) is 110 cm³/mol. The van der Waals surface area contributed by atoms with E-state index in [4.69, 9.17) is 11.6 Å². The van der Waals surface area contributed by atoms with Crippen LogP contribution in [0.4, 0.5) is 0 Å². The third kappa shape index (κ3) is 3.74. The van der Waals surface area contributed by atoms with Crippen LogP contribution in [0.2, 0.25) is 5.15 Å². The van der Waals surface area contributed by atoms with Crippen molar-refractivity contribution in [3.05, 3.63) is 89.1 Å². The number of halogens is 2. The number of nitrogens with zero attached hydrogens (tertiary/aromatic N) is 1. The van der Waals surface area contributed by atoms with Gasteiger partial charge in [-0.2, -0.15) is 4.57 Å². The van der Waals surface area contributed by atoms with Gasteiger partial charge in [0, 0.05) is 11.6 Å². The maximum absolute atomic E-state index is 6.73. The Bertz CT molecular complexity index is 1120. The quantitative estimate of drug-likeness (QED) is 0.233. The molecule has 0 radical (unpaired) electrons. The molecule has 0 aliphatic heterocycles. The number of aromatic nitrogens is 1. The molecule has 136 valence electrons. The largest absolute Gasteiger partial charge is 1.00 e. The fraction of sp³-hybridized carbons (Fsp3) is 0.125. The van der Waals surface area contributed by atoms with Gasteiger partial charge in [-0.15, -0.1) is 0 Å². The molecule has 0 saturated carbocycles. The maximum Gasteiger partial charge on any atom is 0.283 e. The van der Waals surface area contributed by atoms with E-state index in [-0.39, 0.29) is 24.0 Å². The van der Waals surface area contributed by atoms with E-state index in [2.05, 4.69) is 85.1 Å². The molecule has 1 nitrogen and oxygen atoms in total. The van der Waals surface area contributed by atoms with Gasteiger partial charge in [-0.25, -0.2) is 0 Å². The minimum Gasteiger partial charge on any atom is -1.00 e. The number of benzene rings is 3. The molecule has 3 aromatic carbocycles. The molecule has 4 rings (SSSR count). The molecule has 0 N–H and O–H groups in total. The summed E-state index contributed by atoms with van der Waals surface area (Å²) in [5.74, 6) is 0. The van der Waals surface area contributed by atoms with Gasteiger partial charge in [-0.05, 0) is 71.3 Å². The summed E-state index contributed by atoms with van der Waals surface area (Å²) in [7, 11) is 2.03. The van der Waals surface area contributed by atoms with E-state index in [0.717, 1.165) is 21.8 Å². The van der Waals surface area contributed by atoms with Crippen LogP contribution in [0.3, 0.4) is 0 Å². The molecule has 27 heavy (non-hydrogen) atoms. The summed E-state index contributed by atoms with van der Waals surface area (Å²) in [6.45, 7) is 4.27. The molecule has 0 atom stereocenters. The van der Waals surface area contributed by atoms with Crippen molar-refractivity contribution in [3.8, 4) is 22.4 Å². The number of pyridine rings is 1. The second kappa shape index (κ2) is 7.99. The van der Waals surface area contributed by atoms with Crippen LogP contribution in [0.1, 0.15) is 11.1 Å². The molecule has 3 heteroatoms. The van der Waals surface area contributed by atoms with Crippen LogP contribution in [0.25, 0.3) is 33.2 Å². The highest BCUT2D eigenvalue weighted by molar-refractivity contribution is 6.33. The van der Waals surface area contributed by atoms with Gasteiger partial charge >= 0.3 is 0 Å². The SMILES string of the molecule is Cc1cc2cc(-c3cccc(-c4ccccc4)c3)[n+](C)c(Cl)c2cc1C.[I-]. The maximum atomic E-state index is 6.73. The summed E-state index contributed by atoms with van der Waals surface area (Å²) < 4.78 is 2.07. The zero-order valence-electron chi connectivity index (χ0n) is 15.6. The van der Waals surface area contributed by atoms with Gasteiger partial charge in [0.25, 0.3) is 5.15 Å². The van der Waals surface area contributed by atoms with Crippen molar-refractivity contribution in [2.75, 3.05) is 0 Å². The lowest BCUT2D eigenvalue weighted by Gasteiger charge is -2.09. The highest BCUT2D eigenvalue weighted by Gasteiger charge is 2.19. The fourth-order valence-electron chi connectivity index (χ4n) is 3.43. The molecule has 0 spiro atoms. The van der Waals surface area contributed by atoms with E-state index < -0.39 is 0 Å². The van der Waals surface area contributed by atoms with Crippen molar-refractivity contribution in [3.63, 3.8) is 0 Å². The van der Waals surface area contributed by atoms with Crippen LogP contribution >= 0.6 is 11.6 Å². The van der Waals surface area contributed by atoms with Gasteiger partial charge in [-0.1, -0.05) is 48.5 Å². The van der Waals surface area contributed by atoms with Crippen molar-refractivity contribution in [1.29, 1.82) is 0 Å². The first-order chi connectivity index (χ1) is 12.5. The van der Waals surface area contributed by atoms with Crippen LogP contribution in [0, 0.1) is 13.8 Å². The van der Waals surface area contributed by atoms with Crippen LogP contribution < -0.4 is 28.5 Å². The van der Waals surface area contributed by atoms with Crippen molar-refractivity contribution in [2.45, 2.75) is 13.8 Å². The summed E-state index contributed by atoms with van der Waals surface area (Å²) in [5.41, 5.74) is 7.25. The van der Waals surface area contributed by atoms with E-state index in [0.29, 0.717) is 0 Å². The van der Waals surface area contributed by atoms with Gasteiger partial charge in [0.2, 0.25) is 5.69 Å². The molecular weight excluding hydrogens is 465 g/mol. The normalized spacial score (nSPS) is 10.7. The Labute approximate surface area is 182 Å². The fourth-order valence-corrected chi connectivity index (χ4v) is 3.69. The molecule has 0 aliphatic rings. The van der Waals surface area contributed by atoms with Crippen LogP contribution in [-0.2, 0) is 7.05 Å². The van der Waals surface area contributed by atoms with Crippen LogP contribution in [-0.4, -0.2) is 0 Å². The summed E-state index contributed by atoms with van der Waals surface area (Å²) in [6.07, 6.45) is 0. The van der Waals surface area contributed by atoms with Gasteiger partial charge < -0.3 is 24.0 Å². The summed E-state index contributed by atoms with van der Waals surface area (Å²) in [4.78, 5) is 0. The minimum atomic E-state index is 0. The highest BCUT2D eigenvalue weighted by Crippen LogP contribution is 2.30. The van der Waals surface area contributed by atoms with Crippen molar-refractivity contribution >= 4 is 22.4 Å². The Morgan fingerprint density at radius 2 is 1.33 bits per heavy atom. The number of hydrogen-bond donors (Lipinski definition) is 0. The lowest BCUT2D eigenvalue weighted by molar-refractivity contribution is -0.656. The molecule has 1 aromatic heterocycles. The molecule has 0 bridgehead atoms. The summed E-state index contributed by atoms with van der Waals surface area (Å²) in [6, 6.07) is 25.7. The second-order valence-electron chi connectivity index (χ2n) is 6.85. The predicted octanol–water partition coefficient (Wildman–Crippen LogP) is 3.27. The molecule has 0 aliphatic carbocycles. The monoisotopic (exact) mass is 485 g/mol. The Morgan fingerprint density at radius 1 is 0.704 bits per heavy atom. The van der Waals surface area contributed by atoms with Crippen LogP contribution in [0.15, 0.2) is 72.8 Å². The number of fused-ring (bicyclic) bond motifs is 1. The van der Waals surface area contributed by atoms with Crippen molar-refractivity contribution < 1.29 is 28.5 Å². The number of hydrogen-bond acceptors (Lipinski definition) is 0. The smallest absolute Gasteiger partial charge is 0.283 e. The van der Waals surface area contributed by atoms with Crippen molar-refractivity contribution in [1.82, 2.24) is 0 Å². The third-order valence-electron chi connectivity index (χ3n) is 5.10. The van der Waals surface area contributed by atoms with E-state index in [1.54, 1.807) is 0 Å². The number of aryl methyl sites for hydroxylation is 2. The molecule has 4 aromatic rings. The summed E-state index contributed by atoms with van der Waals surface area (Å²) >= 11 is 6.73. The molecule has 0 amide bonds. The van der Waals surface area contributed by atoms with E-state index in [9.17, 15) is 0 Å². The van der Waals surface area contributed by atoms with E-state index in [1.165, 1.54) is 27.6 Å². The minimum absolute atomic E-state index is 0. The second-order valence-corrected chi connectivity index (χ2v) is 7.21. The first-order valence-electron chi connectivity index (χ1n) is 8.80. The average Bonchev–Trinajstić information content (AvgIpc) is 2.67. The number of rotatable bonds is 2. The highest BCUT2D eigenvalue weighted by atomic mass is 127. The molecule has 0 fully saturated rings. The topological polar surface area (TPSA) is 3.88 Å². The molecular formula is C24H21ClIN. The Balaban J connectivity index is 0.00000210. The zero-order valence-corrected chi connectivity index (χ0v) is 18.5. The van der Waals surface area contributed by atoms with Gasteiger partial charge in [0.15, 0.2) is 0 Å². The van der Waals surface area contributed by atoms with Crippen LogP contribution in [0.5, 0.6) is 0 Å². The first-order valence-corrected chi connectivity index (χ1v) is 9.18. The van der Waals surface area contributed by atoms with E-state index >= 15 is 0 Å². The average molecular weight is 486 g/mol. The van der Waals surface area contributed by atoms with Gasteiger partial charge in [0.05, 0.1) is 5.39 Å². The molecule has 1 heterocycles. The third-order valence-corrected chi connectivity index (χ3v) is 5.56. The lowest BCUT2D eigenvalue weighted by Crippen LogP contribution is -3.00. The van der Waals surface area contributed by atoms with Gasteiger partial charge in [0.1, 0.15) is 7.05 Å². The van der Waals surface area contributed by atoms with Gasteiger partial charge in [-0.3, -0.25) is 0 Å². The zero-order chi connectivity index (χ0) is 18.3. The summed E-state index contributed by atoms with van der Waals surface area (Å²) in [5, 5.41) is 3.04. The van der Waals surface area contributed by atoms with Crippen molar-refractivity contribution in [2.24, 2.45) is 7.05 Å². The first kappa shape index (κ1) is 19.8. The Morgan fingerprint density at radius 3 is 2.07 bits per heavy atom. The lowest BCUT2D eigenvalue weighted by atomic mass is 9.99. The molecule has 0 unspecified atom stereocenters. The Hall–Kier alpha value is -1.91. The Kier molecular flexibility index (Phi) is 5.87.